The quantitative estimate of drug-likeness (QED) is 0.801. The Hall–Kier alpha value is -2.11. The number of aryl methyl sites for hydroxylation is 1. The van der Waals surface area contributed by atoms with Gasteiger partial charge in [-0.15, -0.1) is 0 Å². The fraction of sp³-hybridized carbons (Fsp3) is 0.222. The van der Waals surface area contributed by atoms with E-state index in [1.54, 1.807) is 36.5 Å². The highest BCUT2D eigenvalue weighted by molar-refractivity contribution is 7.90. The van der Waals surface area contributed by atoms with Crippen molar-refractivity contribution < 1.29 is 8.42 Å². The van der Waals surface area contributed by atoms with Crippen molar-refractivity contribution in [3.05, 3.63) is 65.9 Å². The van der Waals surface area contributed by atoms with E-state index in [-0.39, 0.29) is 4.90 Å². The molecular weight excluding hydrogens is 308 g/mol. The summed E-state index contributed by atoms with van der Waals surface area (Å²) in [5.41, 5.74) is 8.21. The molecule has 0 aliphatic carbocycles. The van der Waals surface area contributed by atoms with E-state index in [2.05, 4.69) is 0 Å². The molecule has 3 rings (SSSR count). The van der Waals surface area contributed by atoms with E-state index in [1.165, 1.54) is 3.97 Å². The number of hydrogen-bond acceptors (Lipinski definition) is 3. The minimum Gasteiger partial charge on any atom is -0.322 e. The van der Waals surface area contributed by atoms with Crippen LogP contribution in [0.4, 0.5) is 0 Å². The third-order valence-corrected chi connectivity index (χ3v) is 5.67. The Kier molecular flexibility index (Phi) is 3.58. The summed E-state index contributed by atoms with van der Waals surface area (Å²) in [7, 11) is -3.63. The summed E-state index contributed by atoms with van der Waals surface area (Å²) in [5, 5.41) is 0.902. The largest absolute Gasteiger partial charge is 0.322 e. The van der Waals surface area contributed by atoms with Crippen LogP contribution in [-0.2, 0) is 15.6 Å². The monoisotopic (exact) mass is 328 g/mol. The zero-order valence-electron chi connectivity index (χ0n) is 13.4. The number of hydrogen-bond donors (Lipinski definition) is 1. The van der Waals surface area contributed by atoms with Crippen LogP contribution in [0.15, 0.2) is 59.6 Å². The van der Waals surface area contributed by atoms with Crippen LogP contribution in [0, 0.1) is 6.92 Å². The van der Waals surface area contributed by atoms with Gasteiger partial charge in [-0.05, 0) is 50.1 Å². The molecule has 1 heterocycles. The summed E-state index contributed by atoms with van der Waals surface area (Å²) in [6.07, 6.45) is 1.67. The number of nitrogens with zero attached hydrogens (tertiary/aromatic N) is 1. The standard InChI is InChI=1S/C18H20N2O2S/c1-13-12-20(23(21,22)14-8-5-4-6-9-14)16-11-7-10-15(17(13)16)18(2,3)19/h4-12H,19H2,1-3H3. The van der Waals surface area contributed by atoms with E-state index < -0.39 is 15.6 Å². The maximum absolute atomic E-state index is 13.0. The molecule has 1 aromatic heterocycles. The van der Waals surface area contributed by atoms with Crippen LogP contribution in [0.25, 0.3) is 10.9 Å². The molecular formula is C18H20N2O2S. The summed E-state index contributed by atoms with van der Waals surface area (Å²) in [5.74, 6) is 0. The zero-order valence-corrected chi connectivity index (χ0v) is 14.3. The number of rotatable bonds is 3. The van der Waals surface area contributed by atoms with Gasteiger partial charge in [-0.3, -0.25) is 0 Å². The molecule has 3 aromatic rings. The smallest absolute Gasteiger partial charge is 0.268 e. The third kappa shape index (κ3) is 2.56. The summed E-state index contributed by atoms with van der Waals surface area (Å²) in [4.78, 5) is 0.273. The maximum Gasteiger partial charge on any atom is 0.268 e. The Morgan fingerprint density at radius 3 is 2.26 bits per heavy atom. The molecule has 0 unspecified atom stereocenters. The SMILES string of the molecule is Cc1cn(S(=O)(=O)c2ccccc2)c2cccc(C(C)(C)N)c12. The topological polar surface area (TPSA) is 65.1 Å². The first kappa shape index (κ1) is 15.8. The predicted octanol–water partition coefficient (Wildman–Crippen LogP) is 3.38. The molecule has 0 bridgehead atoms. The van der Waals surface area contributed by atoms with Crippen LogP contribution >= 0.6 is 0 Å². The molecule has 0 saturated heterocycles. The summed E-state index contributed by atoms with van der Waals surface area (Å²) >= 11 is 0. The van der Waals surface area contributed by atoms with E-state index >= 15 is 0 Å². The Bertz CT molecular complexity index is 965. The third-order valence-electron chi connectivity index (χ3n) is 3.98. The highest BCUT2D eigenvalue weighted by Gasteiger charge is 2.24. The van der Waals surface area contributed by atoms with Gasteiger partial charge in [0.25, 0.3) is 10.0 Å². The Morgan fingerprint density at radius 2 is 1.65 bits per heavy atom. The molecule has 0 saturated carbocycles. The van der Waals surface area contributed by atoms with Crippen LogP contribution < -0.4 is 5.73 Å². The van der Waals surface area contributed by atoms with Crippen molar-refractivity contribution in [1.82, 2.24) is 3.97 Å². The molecule has 2 aromatic carbocycles. The van der Waals surface area contributed by atoms with Gasteiger partial charge in [-0.25, -0.2) is 12.4 Å². The molecule has 4 nitrogen and oxygen atoms in total. The van der Waals surface area contributed by atoms with Gasteiger partial charge in [0, 0.05) is 17.1 Å². The predicted molar refractivity (Wildman–Crippen MR) is 92.9 cm³/mol. The molecule has 0 radical (unpaired) electrons. The van der Waals surface area contributed by atoms with Gasteiger partial charge >= 0.3 is 0 Å². The molecule has 0 amide bonds. The number of benzene rings is 2. The second kappa shape index (κ2) is 5.22. The van der Waals surface area contributed by atoms with Crippen LogP contribution in [-0.4, -0.2) is 12.4 Å². The first-order valence-electron chi connectivity index (χ1n) is 7.43. The van der Waals surface area contributed by atoms with Crippen LogP contribution in [0.2, 0.25) is 0 Å². The van der Waals surface area contributed by atoms with Gasteiger partial charge in [0.1, 0.15) is 0 Å². The van der Waals surface area contributed by atoms with Gasteiger partial charge in [-0.2, -0.15) is 0 Å². The first-order valence-corrected chi connectivity index (χ1v) is 8.87. The van der Waals surface area contributed by atoms with E-state index in [4.69, 9.17) is 5.73 Å². The summed E-state index contributed by atoms with van der Waals surface area (Å²) in [6.45, 7) is 5.75. The van der Waals surface area contributed by atoms with Crippen molar-refractivity contribution in [3.8, 4) is 0 Å². The molecule has 0 aliphatic rings. The molecule has 0 fully saturated rings. The van der Waals surface area contributed by atoms with Crippen molar-refractivity contribution in [3.63, 3.8) is 0 Å². The summed E-state index contributed by atoms with van der Waals surface area (Å²) in [6, 6.07) is 14.1. The summed E-state index contributed by atoms with van der Waals surface area (Å²) < 4.78 is 27.3. The lowest BCUT2D eigenvalue weighted by molar-refractivity contribution is 0.559. The lowest BCUT2D eigenvalue weighted by Crippen LogP contribution is -2.28. The maximum atomic E-state index is 13.0. The minimum absolute atomic E-state index is 0.273. The fourth-order valence-corrected chi connectivity index (χ4v) is 4.33. The van der Waals surface area contributed by atoms with Crippen molar-refractivity contribution in [2.24, 2.45) is 5.73 Å². The van der Waals surface area contributed by atoms with Crippen molar-refractivity contribution in [2.75, 3.05) is 0 Å². The van der Waals surface area contributed by atoms with Gasteiger partial charge < -0.3 is 5.73 Å². The molecule has 0 atom stereocenters. The zero-order chi connectivity index (χ0) is 16.8. The van der Waals surface area contributed by atoms with Crippen molar-refractivity contribution >= 4 is 20.9 Å². The molecule has 120 valence electrons. The average molecular weight is 328 g/mol. The van der Waals surface area contributed by atoms with Gasteiger partial charge in [0.05, 0.1) is 10.4 Å². The van der Waals surface area contributed by atoms with Crippen LogP contribution in [0.3, 0.4) is 0 Å². The van der Waals surface area contributed by atoms with E-state index in [9.17, 15) is 8.42 Å². The normalized spacial score (nSPS) is 12.7. The second-order valence-electron chi connectivity index (χ2n) is 6.35. The van der Waals surface area contributed by atoms with E-state index in [0.717, 1.165) is 16.5 Å². The number of fused-ring (bicyclic) bond motifs is 1. The first-order chi connectivity index (χ1) is 10.7. The Morgan fingerprint density at radius 1 is 1.00 bits per heavy atom. The molecule has 0 aliphatic heterocycles. The lowest BCUT2D eigenvalue weighted by atomic mass is 9.91. The van der Waals surface area contributed by atoms with Crippen molar-refractivity contribution in [1.29, 1.82) is 0 Å². The van der Waals surface area contributed by atoms with Crippen LogP contribution in [0.1, 0.15) is 25.0 Å². The van der Waals surface area contributed by atoms with E-state index in [1.807, 2.05) is 39.0 Å². The molecule has 0 spiro atoms. The molecule has 23 heavy (non-hydrogen) atoms. The average Bonchev–Trinajstić information content (AvgIpc) is 2.85. The molecule has 5 heteroatoms. The molecule has 2 N–H and O–H groups in total. The lowest BCUT2D eigenvalue weighted by Gasteiger charge is -2.21. The van der Waals surface area contributed by atoms with Gasteiger partial charge in [0.15, 0.2) is 0 Å². The highest BCUT2D eigenvalue weighted by Crippen LogP contribution is 2.32. The second-order valence-corrected chi connectivity index (χ2v) is 8.16. The fourth-order valence-electron chi connectivity index (χ4n) is 2.89. The Balaban J connectivity index is 2.34. The highest BCUT2D eigenvalue weighted by atomic mass is 32.2. The van der Waals surface area contributed by atoms with E-state index in [0.29, 0.717) is 5.52 Å². The van der Waals surface area contributed by atoms with Gasteiger partial charge in [0.2, 0.25) is 0 Å². The van der Waals surface area contributed by atoms with Crippen molar-refractivity contribution in [2.45, 2.75) is 31.2 Å². The minimum atomic E-state index is -3.63. The van der Waals surface area contributed by atoms with Crippen LogP contribution in [0.5, 0.6) is 0 Å². The Labute approximate surface area is 136 Å². The number of nitrogens with two attached hydrogens (primary N) is 1. The van der Waals surface area contributed by atoms with Gasteiger partial charge in [-0.1, -0.05) is 30.3 Å². The number of aromatic nitrogens is 1.